The molecule has 0 unspecified atom stereocenters. The van der Waals surface area contributed by atoms with Gasteiger partial charge in [0.05, 0.1) is 7.11 Å². The average Bonchev–Trinajstić information content (AvgIpc) is 2.29. The van der Waals surface area contributed by atoms with E-state index in [2.05, 4.69) is 20.7 Å². The van der Waals surface area contributed by atoms with Crippen molar-refractivity contribution in [3.63, 3.8) is 0 Å². The lowest BCUT2D eigenvalue weighted by Gasteiger charge is -2.05. The van der Waals surface area contributed by atoms with Crippen LogP contribution >= 0.6 is 15.9 Å². The van der Waals surface area contributed by atoms with Gasteiger partial charge in [-0.05, 0) is 24.1 Å². The van der Waals surface area contributed by atoms with E-state index in [4.69, 9.17) is 4.74 Å². The van der Waals surface area contributed by atoms with Gasteiger partial charge in [-0.15, -0.1) is 0 Å². The molecule has 16 heavy (non-hydrogen) atoms. The van der Waals surface area contributed by atoms with Gasteiger partial charge in [-0.2, -0.15) is 0 Å². The van der Waals surface area contributed by atoms with E-state index in [1.807, 2.05) is 24.3 Å². The first kappa shape index (κ1) is 13.5. The number of alkyl halides is 1. The van der Waals surface area contributed by atoms with Crippen molar-refractivity contribution in [2.24, 2.45) is 0 Å². The zero-order chi connectivity index (χ0) is 12.0. The van der Waals surface area contributed by atoms with E-state index in [-0.39, 0.29) is 4.66 Å². The lowest BCUT2D eigenvalue weighted by molar-refractivity contribution is 0.414. The largest absolute Gasteiger partial charge is 0.497 e. The highest BCUT2D eigenvalue weighted by molar-refractivity contribution is 9.10. The van der Waals surface area contributed by atoms with Crippen molar-refractivity contribution in [1.29, 1.82) is 0 Å². The van der Waals surface area contributed by atoms with Crippen molar-refractivity contribution >= 4 is 26.0 Å². The Kier molecular flexibility index (Phi) is 5.24. The number of benzene rings is 1. The molecule has 4 nitrogen and oxygen atoms in total. The fraction of sp³-hybridized carbons (Fsp3) is 0.400. The average molecular weight is 308 g/mol. The third kappa shape index (κ3) is 4.51. The van der Waals surface area contributed by atoms with Crippen LogP contribution in [-0.2, 0) is 16.4 Å². The summed E-state index contributed by atoms with van der Waals surface area (Å²) in [6.45, 7) is 0.390. The first-order valence-corrected chi connectivity index (χ1v) is 7.51. The van der Waals surface area contributed by atoms with Crippen LogP contribution in [-0.4, -0.2) is 26.7 Å². The van der Waals surface area contributed by atoms with Crippen molar-refractivity contribution in [1.82, 2.24) is 4.72 Å². The summed E-state index contributed by atoms with van der Waals surface area (Å²) in [5, 5.41) is 0. The maximum absolute atomic E-state index is 11.1. The second-order valence-corrected chi connectivity index (χ2v) is 6.33. The molecule has 0 aliphatic carbocycles. The summed E-state index contributed by atoms with van der Waals surface area (Å²) in [4.78, 5) is 0. The first-order valence-electron chi connectivity index (χ1n) is 4.73. The highest BCUT2D eigenvalue weighted by atomic mass is 79.9. The third-order valence-electron chi connectivity index (χ3n) is 2.01. The zero-order valence-electron chi connectivity index (χ0n) is 8.94. The Morgan fingerprint density at radius 3 is 2.81 bits per heavy atom. The normalized spacial score (nSPS) is 11.4. The lowest BCUT2D eigenvalue weighted by atomic mass is 10.1. The predicted molar refractivity (Wildman–Crippen MR) is 67.4 cm³/mol. The highest BCUT2D eigenvalue weighted by Gasteiger charge is 2.06. The monoisotopic (exact) mass is 307 g/mol. The molecule has 0 heterocycles. The summed E-state index contributed by atoms with van der Waals surface area (Å²) in [7, 11) is -1.57. The summed E-state index contributed by atoms with van der Waals surface area (Å²) in [5.74, 6) is 0.779. The lowest BCUT2D eigenvalue weighted by Crippen LogP contribution is -2.26. The molecular weight excluding hydrogens is 294 g/mol. The molecule has 1 rings (SSSR count). The van der Waals surface area contributed by atoms with Crippen LogP contribution in [0.5, 0.6) is 5.75 Å². The molecule has 1 aromatic carbocycles. The number of methoxy groups -OCH3 is 1. The molecule has 0 radical (unpaired) electrons. The van der Waals surface area contributed by atoms with Crippen molar-refractivity contribution < 1.29 is 13.2 Å². The molecule has 6 heteroatoms. The van der Waals surface area contributed by atoms with E-state index in [9.17, 15) is 8.42 Å². The number of sulfonamides is 1. The quantitative estimate of drug-likeness (QED) is 0.811. The van der Waals surface area contributed by atoms with E-state index >= 15 is 0 Å². The number of hydrogen-bond donors (Lipinski definition) is 1. The minimum Gasteiger partial charge on any atom is -0.497 e. The number of ether oxygens (including phenoxy) is 1. The second-order valence-electron chi connectivity index (χ2n) is 3.22. The molecule has 1 N–H and O–H groups in total. The predicted octanol–water partition coefficient (Wildman–Crippen LogP) is 1.51. The molecular formula is C10H14BrNO3S. The van der Waals surface area contributed by atoms with E-state index in [0.29, 0.717) is 13.0 Å². The summed E-state index contributed by atoms with van der Waals surface area (Å²) >= 11 is 2.91. The van der Waals surface area contributed by atoms with E-state index in [1.54, 1.807) is 7.11 Å². The number of rotatable bonds is 6. The van der Waals surface area contributed by atoms with Gasteiger partial charge in [0, 0.05) is 6.54 Å². The van der Waals surface area contributed by atoms with Crippen LogP contribution in [0.25, 0.3) is 0 Å². The molecule has 0 aliphatic heterocycles. The van der Waals surface area contributed by atoms with Gasteiger partial charge >= 0.3 is 0 Å². The molecule has 0 spiro atoms. The van der Waals surface area contributed by atoms with Gasteiger partial charge < -0.3 is 4.74 Å². The summed E-state index contributed by atoms with van der Waals surface area (Å²) in [5.41, 5.74) is 1.04. The zero-order valence-corrected chi connectivity index (χ0v) is 11.3. The van der Waals surface area contributed by atoms with Crippen molar-refractivity contribution in [3.8, 4) is 5.75 Å². The highest BCUT2D eigenvalue weighted by Crippen LogP contribution is 2.12. The molecule has 0 fully saturated rings. The number of halogens is 1. The molecule has 0 saturated heterocycles. The van der Waals surface area contributed by atoms with Crippen LogP contribution in [0.2, 0.25) is 0 Å². The van der Waals surface area contributed by atoms with Gasteiger partial charge in [0.15, 0.2) is 0 Å². The van der Waals surface area contributed by atoms with Crippen LogP contribution < -0.4 is 9.46 Å². The third-order valence-corrected chi connectivity index (χ3v) is 4.75. The Labute approximate surface area is 104 Å². The number of nitrogens with one attached hydrogen (secondary N) is 1. The van der Waals surface area contributed by atoms with Gasteiger partial charge in [0.1, 0.15) is 10.4 Å². The minimum atomic E-state index is -3.17. The maximum atomic E-state index is 11.1. The first-order chi connectivity index (χ1) is 7.57. The SMILES string of the molecule is COc1cccc(CCNS(=O)(=O)CBr)c1. The van der Waals surface area contributed by atoms with Crippen molar-refractivity contribution in [2.75, 3.05) is 18.3 Å². The second kappa shape index (κ2) is 6.22. The molecule has 1 aromatic rings. The Hall–Kier alpha value is -0.590. The van der Waals surface area contributed by atoms with Crippen LogP contribution in [0.15, 0.2) is 24.3 Å². The summed E-state index contributed by atoms with van der Waals surface area (Å²) in [6, 6.07) is 7.56. The molecule has 0 aliphatic rings. The van der Waals surface area contributed by atoms with E-state index < -0.39 is 10.0 Å². The Morgan fingerprint density at radius 1 is 1.44 bits per heavy atom. The van der Waals surface area contributed by atoms with E-state index in [0.717, 1.165) is 11.3 Å². The topological polar surface area (TPSA) is 55.4 Å². The maximum Gasteiger partial charge on any atom is 0.221 e. The summed E-state index contributed by atoms with van der Waals surface area (Å²) in [6.07, 6.45) is 0.642. The smallest absolute Gasteiger partial charge is 0.221 e. The van der Waals surface area contributed by atoms with E-state index in [1.165, 1.54) is 0 Å². The molecule has 0 aromatic heterocycles. The van der Waals surface area contributed by atoms with Crippen LogP contribution in [0.3, 0.4) is 0 Å². The van der Waals surface area contributed by atoms with Crippen LogP contribution in [0.4, 0.5) is 0 Å². The summed E-state index contributed by atoms with van der Waals surface area (Å²) < 4.78 is 29.7. The fourth-order valence-corrected chi connectivity index (χ4v) is 2.19. The Morgan fingerprint density at radius 2 is 2.19 bits per heavy atom. The van der Waals surface area contributed by atoms with Crippen molar-refractivity contribution in [3.05, 3.63) is 29.8 Å². The molecule has 0 amide bonds. The standard InChI is InChI=1S/C10H14BrNO3S/c1-15-10-4-2-3-9(7-10)5-6-12-16(13,14)8-11/h2-4,7,12H,5-6,8H2,1H3. The Bertz CT molecular complexity index is 433. The van der Waals surface area contributed by atoms with Gasteiger partial charge in [0.2, 0.25) is 10.0 Å². The molecule has 0 saturated carbocycles. The molecule has 0 atom stereocenters. The van der Waals surface area contributed by atoms with Crippen molar-refractivity contribution in [2.45, 2.75) is 6.42 Å². The van der Waals surface area contributed by atoms with Gasteiger partial charge in [-0.3, -0.25) is 0 Å². The van der Waals surface area contributed by atoms with Gasteiger partial charge in [-0.1, -0.05) is 28.1 Å². The molecule has 90 valence electrons. The Balaban J connectivity index is 2.49. The van der Waals surface area contributed by atoms with Crippen LogP contribution in [0.1, 0.15) is 5.56 Å². The number of hydrogen-bond acceptors (Lipinski definition) is 3. The molecule has 0 bridgehead atoms. The van der Waals surface area contributed by atoms with Gasteiger partial charge in [-0.25, -0.2) is 13.1 Å². The van der Waals surface area contributed by atoms with Crippen LogP contribution in [0, 0.1) is 0 Å². The fourth-order valence-electron chi connectivity index (χ4n) is 1.22. The minimum absolute atomic E-state index is 0.0713. The van der Waals surface area contributed by atoms with Gasteiger partial charge in [0.25, 0.3) is 0 Å².